The molecular formula is C14H13N5OS2. The molecule has 0 radical (unpaired) electrons. The van der Waals surface area contributed by atoms with Crippen molar-refractivity contribution in [2.24, 2.45) is 0 Å². The average Bonchev–Trinajstić information content (AvgIpc) is 3.27. The molecule has 112 valence electrons. The van der Waals surface area contributed by atoms with Gasteiger partial charge in [-0.3, -0.25) is 0 Å². The van der Waals surface area contributed by atoms with E-state index < -0.39 is 0 Å². The van der Waals surface area contributed by atoms with Gasteiger partial charge in [-0.1, -0.05) is 11.2 Å². The summed E-state index contributed by atoms with van der Waals surface area (Å²) >= 11 is 3.55. The van der Waals surface area contributed by atoms with Gasteiger partial charge in [-0.25, -0.2) is 9.97 Å². The van der Waals surface area contributed by atoms with Crippen molar-refractivity contribution in [3.8, 4) is 22.2 Å². The van der Waals surface area contributed by atoms with Crippen molar-refractivity contribution >= 4 is 28.9 Å². The van der Waals surface area contributed by atoms with E-state index in [1.807, 2.05) is 29.3 Å². The fraction of sp³-hybridized carbons (Fsp3) is 0.286. The summed E-state index contributed by atoms with van der Waals surface area (Å²) in [6.45, 7) is 1.95. The van der Waals surface area contributed by atoms with Gasteiger partial charge in [0.1, 0.15) is 17.7 Å². The van der Waals surface area contributed by atoms with Crippen LogP contribution in [0.4, 0.5) is 5.82 Å². The fourth-order valence-electron chi connectivity index (χ4n) is 2.34. The van der Waals surface area contributed by atoms with E-state index in [0.717, 1.165) is 40.9 Å². The third kappa shape index (κ3) is 2.59. The van der Waals surface area contributed by atoms with E-state index in [-0.39, 0.29) is 0 Å². The van der Waals surface area contributed by atoms with Crippen LogP contribution in [0.3, 0.4) is 0 Å². The van der Waals surface area contributed by atoms with Crippen LogP contribution in [0.1, 0.15) is 0 Å². The molecule has 1 aliphatic heterocycles. The van der Waals surface area contributed by atoms with Crippen LogP contribution in [0.15, 0.2) is 34.6 Å². The first-order valence-corrected chi connectivity index (χ1v) is 8.96. The molecule has 4 heterocycles. The van der Waals surface area contributed by atoms with Crippen molar-refractivity contribution in [2.75, 3.05) is 29.5 Å². The van der Waals surface area contributed by atoms with Crippen LogP contribution in [-0.4, -0.2) is 44.7 Å². The van der Waals surface area contributed by atoms with Crippen LogP contribution in [-0.2, 0) is 0 Å². The number of anilines is 1. The van der Waals surface area contributed by atoms with Crippen LogP contribution in [0.25, 0.3) is 22.2 Å². The summed E-state index contributed by atoms with van der Waals surface area (Å²) < 4.78 is 5.44. The number of hydrogen-bond donors (Lipinski definition) is 0. The van der Waals surface area contributed by atoms with Gasteiger partial charge in [0.25, 0.3) is 5.89 Å². The van der Waals surface area contributed by atoms with Gasteiger partial charge < -0.3 is 9.42 Å². The van der Waals surface area contributed by atoms with Crippen molar-refractivity contribution in [3.05, 3.63) is 30.0 Å². The normalized spacial score (nSPS) is 15.2. The zero-order chi connectivity index (χ0) is 14.8. The van der Waals surface area contributed by atoms with E-state index in [2.05, 4.69) is 25.0 Å². The monoisotopic (exact) mass is 331 g/mol. The largest absolute Gasteiger partial charge is 0.354 e. The van der Waals surface area contributed by atoms with Gasteiger partial charge in [0.2, 0.25) is 5.82 Å². The lowest BCUT2D eigenvalue weighted by atomic mass is 10.2. The number of hydrogen-bond acceptors (Lipinski definition) is 8. The van der Waals surface area contributed by atoms with Crippen LogP contribution >= 0.6 is 23.1 Å². The van der Waals surface area contributed by atoms with Crippen LogP contribution < -0.4 is 4.90 Å². The highest BCUT2D eigenvalue weighted by molar-refractivity contribution is 7.99. The molecule has 0 bridgehead atoms. The molecule has 0 atom stereocenters. The topological polar surface area (TPSA) is 67.9 Å². The molecule has 1 saturated heterocycles. The standard InChI is InChI=1S/C14H13N5OS2/c1-2-11(22-5-1)12-17-14(20-18-12)10-8-15-9-16-13(10)19-3-6-21-7-4-19/h1-2,5,8-9H,3-4,6-7H2. The van der Waals surface area contributed by atoms with Crippen molar-refractivity contribution < 1.29 is 4.52 Å². The van der Waals surface area contributed by atoms with E-state index in [1.165, 1.54) is 0 Å². The van der Waals surface area contributed by atoms with Crippen LogP contribution in [0.2, 0.25) is 0 Å². The Morgan fingerprint density at radius 3 is 2.95 bits per heavy atom. The Balaban J connectivity index is 1.70. The smallest absolute Gasteiger partial charge is 0.263 e. The predicted octanol–water partition coefficient (Wildman–Crippen LogP) is 2.81. The second kappa shape index (κ2) is 6.05. The van der Waals surface area contributed by atoms with Gasteiger partial charge in [-0.05, 0) is 11.4 Å². The van der Waals surface area contributed by atoms with Crippen molar-refractivity contribution in [1.82, 2.24) is 20.1 Å². The highest BCUT2D eigenvalue weighted by atomic mass is 32.2. The molecule has 0 spiro atoms. The Bertz CT molecular complexity index is 752. The lowest BCUT2D eigenvalue weighted by molar-refractivity contribution is 0.432. The first-order valence-electron chi connectivity index (χ1n) is 6.92. The van der Waals surface area contributed by atoms with Gasteiger partial charge in [0.05, 0.1) is 4.88 Å². The molecule has 0 amide bonds. The Hall–Kier alpha value is -1.93. The highest BCUT2D eigenvalue weighted by Gasteiger charge is 2.21. The molecule has 0 N–H and O–H groups in total. The van der Waals surface area contributed by atoms with E-state index >= 15 is 0 Å². The molecule has 8 heteroatoms. The SMILES string of the molecule is c1csc(-c2noc(-c3cncnc3N3CCSCC3)n2)c1. The zero-order valence-corrected chi connectivity index (χ0v) is 13.3. The Morgan fingerprint density at radius 2 is 2.14 bits per heavy atom. The highest BCUT2D eigenvalue weighted by Crippen LogP contribution is 2.30. The summed E-state index contributed by atoms with van der Waals surface area (Å²) in [6, 6.07) is 3.95. The lowest BCUT2D eigenvalue weighted by Crippen LogP contribution is -2.33. The summed E-state index contributed by atoms with van der Waals surface area (Å²) in [6.07, 6.45) is 3.31. The minimum absolute atomic E-state index is 0.470. The second-order valence-corrected chi connectivity index (χ2v) is 6.93. The second-order valence-electron chi connectivity index (χ2n) is 4.76. The minimum atomic E-state index is 0.470. The summed E-state index contributed by atoms with van der Waals surface area (Å²) in [5, 5.41) is 6.06. The maximum atomic E-state index is 5.44. The van der Waals surface area contributed by atoms with Crippen LogP contribution in [0.5, 0.6) is 0 Å². The van der Waals surface area contributed by atoms with Gasteiger partial charge >= 0.3 is 0 Å². The fourth-order valence-corrected chi connectivity index (χ4v) is 3.89. The van der Waals surface area contributed by atoms with Gasteiger partial charge in [0.15, 0.2) is 0 Å². The molecule has 0 aliphatic carbocycles. The number of aromatic nitrogens is 4. The quantitative estimate of drug-likeness (QED) is 0.731. The number of nitrogens with zero attached hydrogens (tertiary/aromatic N) is 5. The van der Waals surface area contributed by atoms with Gasteiger partial charge in [-0.15, -0.1) is 11.3 Å². The average molecular weight is 331 g/mol. The molecule has 0 saturated carbocycles. The first kappa shape index (κ1) is 13.7. The molecule has 0 unspecified atom stereocenters. The van der Waals surface area contributed by atoms with E-state index in [4.69, 9.17) is 4.52 Å². The summed E-state index contributed by atoms with van der Waals surface area (Å²) in [5.41, 5.74) is 0.796. The third-order valence-electron chi connectivity index (χ3n) is 3.40. The molecule has 22 heavy (non-hydrogen) atoms. The summed E-state index contributed by atoms with van der Waals surface area (Å²) in [7, 11) is 0. The lowest BCUT2D eigenvalue weighted by Gasteiger charge is -2.28. The van der Waals surface area contributed by atoms with E-state index in [9.17, 15) is 0 Å². The molecule has 6 nitrogen and oxygen atoms in total. The molecular weight excluding hydrogens is 318 g/mol. The maximum Gasteiger partial charge on any atom is 0.263 e. The Labute approximate surface area is 135 Å². The van der Waals surface area contributed by atoms with Gasteiger partial charge in [-0.2, -0.15) is 16.7 Å². The predicted molar refractivity (Wildman–Crippen MR) is 88.2 cm³/mol. The van der Waals surface area contributed by atoms with Gasteiger partial charge in [0, 0.05) is 30.8 Å². The maximum absolute atomic E-state index is 5.44. The summed E-state index contributed by atoms with van der Waals surface area (Å²) in [5.74, 6) is 4.16. The molecule has 1 aliphatic rings. The van der Waals surface area contributed by atoms with Crippen LogP contribution in [0, 0.1) is 0 Å². The minimum Gasteiger partial charge on any atom is -0.354 e. The number of thioether (sulfide) groups is 1. The van der Waals surface area contributed by atoms with Crippen molar-refractivity contribution in [3.63, 3.8) is 0 Å². The van der Waals surface area contributed by atoms with E-state index in [1.54, 1.807) is 23.9 Å². The Kier molecular flexibility index (Phi) is 3.77. The van der Waals surface area contributed by atoms with Crippen molar-refractivity contribution in [2.45, 2.75) is 0 Å². The first-order chi connectivity index (χ1) is 10.9. The molecule has 1 fully saturated rings. The molecule has 3 aromatic rings. The molecule has 3 aromatic heterocycles. The zero-order valence-electron chi connectivity index (χ0n) is 11.7. The Morgan fingerprint density at radius 1 is 1.23 bits per heavy atom. The van der Waals surface area contributed by atoms with E-state index in [0.29, 0.717) is 11.7 Å². The third-order valence-corrected chi connectivity index (χ3v) is 5.21. The molecule has 4 rings (SSSR count). The van der Waals surface area contributed by atoms with Crippen molar-refractivity contribution in [1.29, 1.82) is 0 Å². The number of thiophene rings is 1. The molecule has 0 aromatic carbocycles. The number of rotatable bonds is 3. The summed E-state index contributed by atoms with van der Waals surface area (Å²) in [4.78, 5) is 16.3.